The van der Waals surface area contributed by atoms with Crippen molar-refractivity contribution < 1.29 is 15.0 Å². The molecule has 2 N–H and O–H groups in total. The van der Waals surface area contributed by atoms with Crippen molar-refractivity contribution in [2.24, 2.45) is 0 Å². The van der Waals surface area contributed by atoms with Crippen molar-refractivity contribution in [1.82, 2.24) is 0 Å². The molecule has 0 unspecified atom stereocenters. The number of hydrogen-bond acceptors (Lipinski definition) is 3. The lowest BCUT2D eigenvalue weighted by Crippen LogP contribution is -1.85. The maximum Gasteiger partial charge on any atom is 0.116 e. The topological polar surface area (TPSA) is 57.5 Å². The average Bonchev–Trinajstić information content (AvgIpc) is 1.60. The van der Waals surface area contributed by atoms with E-state index in [4.69, 9.17) is 15.0 Å². The third kappa shape index (κ3) is 3290. The number of aldehydes is 1. The van der Waals surface area contributed by atoms with Crippen molar-refractivity contribution in [2.75, 3.05) is 0 Å². The van der Waals surface area contributed by atoms with Gasteiger partial charge in [0.2, 0.25) is 0 Å². The lowest BCUT2D eigenvalue weighted by Gasteiger charge is -1.80. The van der Waals surface area contributed by atoms with E-state index < -0.39 is 0 Å². The Balaban J connectivity index is -0.0000000886. The summed E-state index contributed by atoms with van der Waals surface area (Å²) in [6.45, 7) is 8.33. The van der Waals surface area contributed by atoms with Crippen LogP contribution in [-0.2, 0) is 4.79 Å². The number of carbonyl (C=O) groups excluding carboxylic acids is 1. The zero-order valence-electron chi connectivity index (χ0n) is 8.03. The molecular formula is C8H20O3. The van der Waals surface area contributed by atoms with Gasteiger partial charge in [0.25, 0.3) is 0 Å². The van der Waals surface area contributed by atoms with Crippen LogP contribution in [0.25, 0.3) is 0 Å². The van der Waals surface area contributed by atoms with Crippen molar-refractivity contribution in [3.8, 4) is 0 Å². The minimum atomic E-state index is -0.167. The summed E-state index contributed by atoms with van der Waals surface area (Å²) in [4.78, 5) is 8.81. The lowest BCUT2D eigenvalue weighted by atomic mass is 10.5. The molecule has 0 atom stereocenters. The van der Waals surface area contributed by atoms with Gasteiger partial charge < -0.3 is 15.0 Å². The van der Waals surface area contributed by atoms with Crippen LogP contribution in [0.15, 0.2) is 0 Å². The molecule has 0 fully saturated rings. The number of carbonyl (C=O) groups is 1. The van der Waals surface area contributed by atoms with Gasteiger partial charge in [-0.15, -0.1) is 0 Å². The van der Waals surface area contributed by atoms with Gasteiger partial charge in [-0.05, 0) is 34.6 Å². The van der Waals surface area contributed by atoms with E-state index in [-0.39, 0.29) is 12.2 Å². The van der Waals surface area contributed by atoms with E-state index in [1.165, 1.54) is 6.92 Å². The van der Waals surface area contributed by atoms with Crippen LogP contribution in [0, 0.1) is 0 Å². The monoisotopic (exact) mass is 164 g/mol. The first-order chi connectivity index (χ1) is 4.88. The van der Waals surface area contributed by atoms with Crippen LogP contribution in [0.3, 0.4) is 0 Å². The van der Waals surface area contributed by atoms with Gasteiger partial charge in [0.05, 0.1) is 0 Å². The van der Waals surface area contributed by atoms with Crippen molar-refractivity contribution in [1.29, 1.82) is 0 Å². The Morgan fingerprint density at radius 1 is 1.00 bits per heavy atom. The molecule has 0 rings (SSSR count). The molecule has 0 heterocycles. The maximum absolute atomic E-state index is 8.81. The predicted octanol–water partition coefficient (Wildman–Crippen LogP) is 0.979. The first-order valence-electron chi connectivity index (χ1n) is 3.64. The summed E-state index contributed by atoms with van der Waals surface area (Å²) in [6, 6.07) is 0. The molecule has 0 aromatic heterocycles. The molecular weight excluding hydrogens is 144 g/mol. The molecule has 0 bridgehead atoms. The standard InChI is InChI=1S/2C3H8O.C2H4O/c2*1-3(2)4;1-2-3/h2*3-4H,1-2H3;2H,1H3. The molecule has 3 heteroatoms. The summed E-state index contributed by atoms with van der Waals surface area (Å²) >= 11 is 0. The second-order valence-corrected chi connectivity index (χ2v) is 2.42. The Bertz CT molecular complexity index is 48.8. The quantitative estimate of drug-likeness (QED) is 0.525. The Morgan fingerprint density at radius 2 is 1.00 bits per heavy atom. The first-order valence-corrected chi connectivity index (χ1v) is 3.64. The van der Waals surface area contributed by atoms with Crippen LogP contribution in [0.4, 0.5) is 0 Å². The van der Waals surface area contributed by atoms with Gasteiger partial charge in [0.15, 0.2) is 0 Å². The van der Waals surface area contributed by atoms with Crippen LogP contribution in [0.5, 0.6) is 0 Å². The van der Waals surface area contributed by atoms with Crippen LogP contribution >= 0.6 is 0 Å². The zero-order chi connectivity index (χ0) is 9.86. The van der Waals surface area contributed by atoms with Crippen molar-refractivity contribution in [3.63, 3.8) is 0 Å². The van der Waals surface area contributed by atoms with Gasteiger partial charge in [-0.1, -0.05) is 0 Å². The van der Waals surface area contributed by atoms with Crippen LogP contribution in [0.2, 0.25) is 0 Å². The normalized spacial score (nSPS) is 7.73. The maximum atomic E-state index is 8.81. The molecule has 0 amide bonds. The third-order valence-corrected chi connectivity index (χ3v) is 0. The van der Waals surface area contributed by atoms with Crippen molar-refractivity contribution in [3.05, 3.63) is 0 Å². The van der Waals surface area contributed by atoms with Crippen LogP contribution < -0.4 is 0 Å². The largest absolute Gasteiger partial charge is 0.394 e. The van der Waals surface area contributed by atoms with Gasteiger partial charge >= 0.3 is 0 Å². The van der Waals surface area contributed by atoms with E-state index in [1.54, 1.807) is 27.7 Å². The molecule has 0 aliphatic rings. The van der Waals surface area contributed by atoms with E-state index in [0.29, 0.717) is 0 Å². The summed E-state index contributed by atoms with van der Waals surface area (Å²) in [6.07, 6.45) is 0.417. The molecule has 0 saturated carbocycles. The molecule has 0 radical (unpaired) electrons. The SMILES string of the molecule is CC(C)O.CC(C)O.CC=O. The summed E-state index contributed by atoms with van der Waals surface area (Å²) in [5, 5.41) is 16.1. The fourth-order valence-electron chi connectivity index (χ4n) is 0. The highest BCUT2D eigenvalue weighted by atomic mass is 16.3. The Hall–Kier alpha value is -0.410. The summed E-state index contributed by atoms with van der Waals surface area (Å²) in [5.74, 6) is 0. The van der Waals surface area contributed by atoms with E-state index in [1.807, 2.05) is 0 Å². The molecule has 3 nitrogen and oxygen atoms in total. The molecule has 0 aromatic carbocycles. The summed E-state index contributed by atoms with van der Waals surface area (Å²) in [7, 11) is 0. The molecule has 0 aliphatic heterocycles. The van der Waals surface area contributed by atoms with Crippen LogP contribution in [-0.4, -0.2) is 28.7 Å². The molecule has 0 spiro atoms. The first kappa shape index (κ1) is 16.9. The smallest absolute Gasteiger partial charge is 0.116 e. The minimum absolute atomic E-state index is 0.167. The second kappa shape index (κ2) is 16.3. The molecule has 70 valence electrons. The highest BCUT2D eigenvalue weighted by Crippen LogP contribution is 1.65. The zero-order valence-corrected chi connectivity index (χ0v) is 8.03. The van der Waals surface area contributed by atoms with Gasteiger partial charge in [0.1, 0.15) is 6.29 Å². The van der Waals surface area contributed by atoms with E-state index >= 15 is 0 Å². The number of aliphatic hydroxyl groups is 2. The highest BCUT2D eigenvalue weighted by molar-refractivity contribution is 5.44. The van der Waals surface area contributed by atoms with Gasteiger partial charge in [-0.25, -0.2) is 0 Å². The van der Waals surface area contributed by atoms with Crippen molar-refractivity contribution >= 4 is 6.29 Å². The number of rotatable bonds is 0. The van der Waals surface area contributed by atoms with Gasteiger partial charge in [-0.3, -0.25) is 0 Å². The Morgan fingerprint density at radius 3 is 1.00 bits per heavy atom. The van der Waals surface area contributed by atoms with Crippen molar-refractivity contribution in [2.45, 2.75) is 46.8 Å². The second-order valence-electron chi connectivity index (χ2n) is 2.42. The third-order valence-electron chi connectivity index (χ3n) is 0. The van der Waals surface area contributed by atoms with E-state index in [9.17, 15) is 0 Å². The number of aliphatic hydroxyl groups excluding tert-OH is 2. The lowest BCUT2D eigenvalue weighted by molar-refractivity contribution is -0.106. The Kier molecular flexibility index (Phi) is 25.0. The average molecular weight is 164 g/mol. The Labute approximate surface area is 69.1 Å². The minimum Gasteiger partial charge on any atom is -0.394 e. The molecule has 0 aliphatic carbocycles. The molecule has 0 aromatic rings. The van der Waals surface area contributed by atoms with E-state index in [2.05, 4.69) is 0 Å². The fraction of sp³-hybridized carbons (Fsp3) is 0.875. The molecule has 11 heavy (non-hydrogen) atoms. The summed E-state index contributed by atoms with van der Waals surface area (Å²) < 4.78 is 0. The van der Waals surface area contributed by atoms with Gasteiger partial charge in [-0.2, -0.15) is 0 Å². The van der Waals surface area contributed by atoms with Gasteiger partial charge in [0, 0.05) is 12.2 Å². The van der Waals surface area contributed by atoms with E-state index in [0.717, 1.165) is 6.29 Å². The fourth-order valence-corrected chi connectivity index (χ4v) is 0. The van der Waals surface area contributed by atoms with Crippen LogP contribution in [0.1, 0.15) is 34.6 Å². The number of hydrogen-bond donors (Lipinski definition) is 2. The predicted molar refractivity (Wildman–Crippen MR) is 46.4 cm³/mol. The molecule has 0 saturated heterocycles. The highest BCUT2D eigenvalue weighted by Gasteiger charge is 1.69. The summed E-state index contributed by atoms with van der Waals surface area (Å²) in [5.41, 5.74) is 0.